The minimum atomic E-state index is -1.05. The molecule has 2 heteroatoms. The summed E-state index contributed by atoms with van der Waals surface area (Å²) in [6.45, 7) is 5.65. The van der Waals surface area contributed by atoms with E-state index in [1.807, 2.05) is 20.8 Å². The molecule has 0 heterocycles. The lowest BCUT2D eigenvalue weighted by Gasteiger charge is -2.17. The normalized spacial score (nSPS) is 34.1. The first-order valence-electron chi connectivity index (χ1n) is 5.21. The summed E-state index contributed by atoms with van der Waals surface area (Å²) in [6.07, 6.45) is 2.34. The molecule has 1 aliphatic carbocycles. The first-order valence-corrected chi connectivity index (χ1v) is 5.21. The van der Waals surface area contributed by atoms with E-state index in [2.05, 4.69) is 0 Å². The third kappa shape index (κ3) is 2.29. The average molecular weight is 186 g/mol. The molecular weight excluding hydrogens is 167 g/mol. The van der Waals surface area contributed by atoms with Gasteiger partial charge in [-0.05, 0) is 25.7 Å². The van der Waals surface area contributed by atoms with Crippen LogP contribution in [0, 0.1) is 11.8 Å². The molecule has 0 aromatic carbocycles. The maximum absolute atomic E-state index is 13.8. The molecule has 2 atom stereocenters. The number of carbonyl (C=O) groups excluding carboxylic acids is 1. The van der Waals surface area contributed by atoms with Crippen molar-refractivity contribution in [2.75, 3.05) is 0 Å². The zero-order valence-corrected chi connectivity index (χ0v) is 8.77. The maximum atomic E-state index is 13.8. The molecule has 0 radical (unpaired) electrons. The zero-order valence-electron chi connectivity index (χ0n) is 8.77. The molecule has 0 aromatic rings. The SMILES string of the molecule is CCC1(F)CC[C@H](C(=O)C(C)C)C1. The molecule has 0 N–H and O–H groups in total. The first kappa shape index (κ1) is 10.7. The third-order valence-corrected chi connectivity index (χ3v) is 3.16. The van der Waals surface area contributed by atoms with E-state index in [0.717, 1.165) is 6.42 Å². The van der Waals surface area contributed by atoms with Gasteiger partial charge in [-0.2, -0.15) is 0 Å². The van der Waals surface area contributed by atoms with Gasteiger partial charge in [-0.25, -0.2) is 4.39 Å². The Morgan fingerprint density at radius 2 is 2.23 bits per heavy atom. The van der Waals surface area contributed by atoms with Crippen molar-refractivity contribution in [3.63, 3.8) is 0 Å². The van der Waals surface area contributed by atoms with Gasteiger partial charge in [0.05, 0.1) is 0 Å². The number of Topliss-reactive ketones (excluding diaryl/α,β-unsaturated/α-hetero) is 1. The van der Waals surface area contributed by atoms with Crippen LogP contribution in [0.3, 0.4) is 0 Å². The standard InChI is InChI=1S/C11H19FO/c1-4-11(12)6-5-9(7-11)10(13)8(2)3/h8-9H,4-7H2,1-3H3/t9-,11?/m0/s1. The Bertz CT molecular complexity index is 200. The van der Waals surface area contributed by atoms with E-state index in [4.69, 9.17) is 0 Å². The van der Waals surface area contributed by atoms with Crippen molar-refractivity contribution >= 4 is 5.78 Å². The van der Waals surface area contributed by atoms with Crippen molar-refractivity contribution in [1.82, 2.24) is 0 Å². The molecule has 0 amide bonds. The van der Waals surface area contributed by atoms with Gasteiger partial charge in [0.15, 0.2) is 0 Å². The molecule has 1 rings (SSSR count). The Morgan fingerprint density at radius 3 is 2.62 bits per heavy atom. The molecule has 76 valence electrons. The summed E-state index contributed by atoms with van der Waals surface area (Å²) in [7, 11) is 0. The highest BCUT2D eigenvalue weighted by atomic mass is 19.1. The van der Waals surface area contributed by atoms with E-state index in [0.29, 0.717) is 19.3 Å². The predicted molar refractivity (Wildman–Crippen MR) is 51.3 cm³/mol. The van der Waals surface area contributed by atoms with Crippen LogP contribution in [0.2, 0.25) is 0 Å². The monoisotopic (exact) mass is 186 g/mol. The first-order chi connectivity index (χ1) is 5.98. The van der Waals surface area contributed by atoms with Crippen molar-refractivity contribution in [1.29, 1.82) is 0 Å². The van der Waals surface area contributed by atoms with Crippen LogP contribution >= 0.6 is 0 Å². The number of hydrogen-bond acceptors (Lipinski definition) is 1. The Hall–Kier alpha value is -0.400. The van der Waals surface area contributed by atoms with Gasteiger partial charge in [-0.1, -0.05) is 20.8 Å². The third-order valence-electron chi connectivity index (χ3n) is 3.16. The maximum Gasteiger partial charge on any atom is 0.138 e. The van der Waals surface area contributed by atoms with E-state index >= 15 is 0 Å². The van der Waals surface area contributed by atoms with E-state index in [1.165, 1.54) is 0 Å². The van der Waals surface area contributed by atoms with Crippen molar-refractivity contribution in [2.45, 2.75) is 52.1 Å². The van der Waals surface area contributed by atoms with Crippen molar-refractivity contribution < 1.29 is 9.18 Å². The molecule has 1 saturated carbocycles. The number of carbonyl (C=O) groups is 1. The van der Waals surface area contributed by atoms with Gasteiger partial charge in [0.1, 0.15) is 11.5 Å². The Kier molecular flexibility index (Phi) is 3.09. The fourth-order valence-electron chi connectivity index (χ4n) is 2.11. The number of hydrogen-bond donors (Lipinski definition) is 0. The fraction of sp³-hybridized carbons (Fsp3) is 0.909. The second kappa shape index (κ2) is 3.77. The highest BCUT2D eigenvalue weighted by Gasteiger charge is 2.40. The van der Waals surface area contributed by atoms with Crippen LogP contribution in [0.4, 0.5) is 4.39 Å². The topological polar surface area (TPSA) is 17.1 Å². The Morgan fingerprint density at radius 1 is 1.62 bits per heavy atom. The van der Waals surface area contributed by atoms with Crippen LogP contribution in [0.5, 0.6) is 0 Å². The van der Waals surface area contributed by atoms with Gasteiger partial charge in [-0.3, -0.25) is 4.79 Å². The van der Waals surface area contributed by atoms with Gasteiger partial charge in [0.2, 0.25) is 0 Å². The Balaban J connectivity index is 2.55. The molecule has 1 fully saturated rings. The smallest absolute Gasteiger partial charge is 0.138 e. The van der Waals surface area contributed by atoms with Gasteiger partial charge < -0.3 is 0 Å². The molecule has 1 aliphatic rings. The quantitative estimate of drug-likeness (QED) is 0.661. The van der Waals surface area contributed by atoms with Crippen LogP contribution in [-0.2, 0) is 4.79 Å². The van der Waals surface area contributed by atoms with Gasteiger partial charge in [0.25, 0.3) is 0 Å². The molecule has 0 aliphatic heterocycles. The Labute approximate surface area is 79.7 Å². The predicted octanol–water partition coefficient (Wildman–Crippen LogP) is 3.13. The number of rotatable bonds is 3. The van der Waals surface area contributed by atoms with Gasteiger partial charge in [-0.15, -0.1) is 0 Å². The summed E-state index contributed by atoms with van der Waals surface area (Å²) >= 11 is 0. The van der Waals surface area contributed by atoms with E-state index in [1.54, 1.807) is 0 Å². The lowest BCUT2D eigenvalue weighted by atomic mass is 9.92. The highest BCUT2D eigenvalue weighted by Crippen LogP contribution is 2.41. The number of alkyl halides is 1. The number of ketones is 1. The minimum absolute atomic E-state index is 0.00931. The molecular formula is C11H19FO. The van der Waals surface area contributed by atoms with Crippen LogP contribution in [0.1, 0.15) is 46.5 Å². The molecule has 0 aromatic heterocycles. The van der Waals surface area contributed by atoms with Gasteiger partial charge in [0, 0.05) is 11.8 Å². The summed E-state index contributed by atoms with van der Waals surface area (Å²) in [5.74, 6) is 0.294. The largest absolute Gasteiger partial charge is 0.299 e. The van der Waals surface area contributed by atoms with Crippen LogP contribution in [-0.4, -0.2) is 11.5 Å². The molecule has 1 nitrogen and oxygen atoms in total. The van der Waals surface area contributed by atoms with E-state index in [9.17, 15) is 9.18 Å². The summed E-state index contributed by atoms with van der Waals surface area (Å²) in [5.41, 5.74) is -1.05. The average Bonchev–Trinajstić information content (AvgIpc) is 2.47. The van der Waals surface area contributed by atoms with Crippen molar-refractivity contribution in [2.24, 2.45) is 11.8 Å². The second-order valence-corrected chi connectivity index (χ2v) is 4.50. The molecule has 1 unspecified atom stereocenters. The molecule has 13 heavy (non-hydrogen) atoms. The fourth-order valence-corrected chi connectivity index (χ4v) is 2.11. The summed E-state index contributed by atoms with van der Waals surface area (Å²) in [5, 5.41) is 0. The summed E-state index contributed by atoms with van der Waals surface area (Å²) in [6, 6.07) is 0. The molecule has 0 bridgehead atoms. The van der Waals surface area contributed by atoms with Crippen molar-refractivity contribution in [3.05, 3.63) is 0 Å². The lowest BCUT2D eigenvalue weighted by molar-refractivity contribution is -0.126. The minimum Gasteiger partial charge on any atom is -0.299 e. The molecule has 0 spiro atoms. The van der Waals surface area contributed by atoms with Crippen LogP contribution in [0.25, 0.3) is 0 Å². The van der Waals surface area contributed by atoms with E-state index in [-0.39, 0.29) is 17.6 Å². The van der Waals surface area contributed by atoms with Gasteiger partial charge >= 0.3 is 0 Å². The van der Waals surface area contributed by atoms with Crippen LogP contribution in [0.15, 0.2) is 0 Å². The zero-order chi connectivity index (χ0) is 10.1. The number of halogens is 1. The van der Waals surface area contributed by atoms with E-state index < -0.39 is 5.67 Å². The second-order valence-electron chi connectivity index (χ2n) is 4.50. The van der Waals surface area contributed by atoms with Crippen LogP contribution < -0.4 is 0 Å². The summed E-state index contributed by atoms with van der Waals surface area (Å²) < 4.78 is 13.8. The lowest BCUT2D eigenvalue weighted by Crippen LogP contribution is -2.21. The molecule has 0 saturated heterocycles. The summed E-state index contributed by atoms with van der Waals surface area (Å²) in [4.78, 5) is 11.6. The van der Waals surface area contributed by atoms with Crippen molar-refractivity contribution in [3.8, 4) is 0 Å². The highest BCUT2D eigenvalue weighted by molar-refractivity contribution is 5.83.